The maximum Gasteiger partial charge on any atom is 0.0951 e. The van der Waals surface area contributed by atoms with Gasteiger partial charge in [-0.15, -0.1) is 0 Å². The number of likely N-dealkylation sites (tertiary alicyclic amines) is 1. The van der Waals surface area contributed by atoms with E-state index in [2.05, 4.69) is 58.6 Å². The van der Waals surface area contributed by atoms with Crippen LogP contribution in [0.4, 0.5) is 0 Å². The Bertz CT molecular complexity index is 609. The summed E-state index contributed by atoms with van der Waals surface area (Å²) in [5, 5.41) is 0. The second-order valence-corrected chi connectivity index (χ2v) is 7.27. The Kier molecular flexibility index (Phi) is 6.08. The Morgan fingerprint density at radius 2 is 1.79 bits per heavy atom. The van der Waals surface area contributed by atoms with Crippen LogP contribution in [0.15, 0.2) is 36.7 Å². The first-order chi connectivity index (χ1) is 11.7. The number of imidazole rings is 1. The Morgan fingerprint density at radius 1 is 1.04 bits per heavy atom. The molecule has 3 nitrogen and oxygen atoms in total. The summed E-state index contributed by atoms with van der Waals surface area (Å²) in [5.74, 6) is 0.887. The van der Waals surface area contributed by atoms with Crippen molar-refractivity contribution in [2.75, 3.05) is 19.6 Å². The van der Waals surface area contributed by atoms with Crippen molar-refractivity contribution >= 4 is 0 Å². The molecule has 0 amide bonds. The third-order valence-electron chi connectivity index (χ3n) is 5.61. The lowest BCUT2D eigenvalue weighted by molar-refractivity contribution is 0.174. The van der Waals surface area contributed by atoms with Crippen molar-refractivity contribution in [1.29, 1.82) is 0 Å². The van der Waals surface area contributed by atoms with Crippen molar-refractivity contribution in [2.45, 2.75) is 52.5 Å². The van der Waals surface area contributed by atoms with Gasteiger partial charge in [-0.05, 0) is 77.1 Å². The molecule has 1 aliphatic rings. The summed E-state index contributed by atoms with van der Waals surface area (Å²) < 4.78 is 2.32. The molecule has 130 valence electrons. The van der Waals surface area contributed by atoms with Gasteiger partial charge in [0.2, 0.25) is 0 Å². The van der Waals surface area contributed by atoms with Gasteiger partial charge in [0.1, 0.15) is 0 Å². The number of nitrogens with zero attached hydrogens (tertiary/aromatic N) is 3. The molecule has 3 heteroatoms. The lowest BCUT2D eigenvalue weighted by Gasteiger charge is -2.32. The molecule has 0 unspecified atom stereocenters. The van der Waals surface area contributed by atoms with Crippen LogP contribution in [0.1, 0.15) is 42.6 Å². The molecule has 2 heterocycles. The molecular formula is C21H31N3. The molecule has 1 fully saturated rings. The number of aromatic nitrogens is 2. The molecule has 0 spiro atoms. The van der Waals surface area contributed by atoms with E-state index in [0.29, 0.717) is 0 Å². The number of piperidine rings is 1. The van der Waals surface area contributed by atoms with E-state index in [-0.39, 0.29) is 0 Å². The van der Waals surface area contributed by atoms with Crippen LogP contribution in [0, 0.1) is 19.8 Å². The van der Waals surface area contributed by atoms with Gasteiger partial charge in [0, 0.05) is 12.2 Å². The van der Waals surface area contributed by atoms with Gasteiger partial charge in [-0.3, -0.25) is 0 Å². The first kappa shape index (κ1) is 17.2. The predicted octanol–water partition coefficient (Wildman–Crippen LogP) is 4.23. The van der Waals surface area contributed by atoms with Crippen molar-refractivity contribution in [3.63, 3.8) is 0 Å². The highest BCUT2D eigenvalue weighted by Gasteiger charge is 2.19. The average molecular weight is 326 g/mol. The smallest absolute Gasteiger partial charge is 0.0951 e. The standard InChI is InChI=1S/C21H31N3/c1-18-19(2)24(17-22-18)16-12-21-10-14-23(15-11-21)13-6-9-20-7-4-3-5-8-20/h3-5,7-8,17,21H,6,9-16H2,1-2H3. The zero-order valence-electron chi connectivity index (χ0n) is 15.2. The molecule has 0 aliphatic carbocycles. The second-order valence-electron chi connectivity index (χ2n) is 7.27. The van der Waals surface area contributed by atoms with E-state index >= 15 is 0 Å². The summed E-state index contributed by atoms with van der Waals surface area (Å²) >= 11 is 0. The van der Waals surface area contributed by atoms with Crippen molar-refractivity contribution < 1.29 is 0 Å². The molecule has 1 aliphatic heterocycles. The van der Waals surface area contributed by atoms with Crippen molar-refractivity contribution in [3.05, 3.63) is 53.6 Å². The Labute approximate surface area is 146 Å². The van der Waals surface area contributed by atoms with Crippen LogP contribution in [0.25, 0.3) is 0 Å². The van der Waals surface area contributed by atoms with Crippen molar-refractivity contribution in [1.82, 2.24) is 14.5 Å². The van der Waals surface area contributed by atoms with Crippen LogP contribution in [-0.2, 0) is 13.0 Å². The fraction of sp³-hybridized carbons (Fsp3) is 0.571. The number of aryl methyl sites for hydroxylation is 3. The summed E-state index contributed by atoms with van der Waals surface area (Å²) in [4.78, 5) is 7.06. The molecule has 3 rings (SSSR count). The van der Waals surface area contributed by atoms with Crippen LogP contribution >= 0.6 is 0 Å². The minimum Gasteiger partial charge on any atom is -0.335 e. The van der Waals surface area contributed by atoms with Crippen LogP contribution in [0.2, 0.25) is 0 Å². The van der Waals surface area contributed by atoms with E-state index < -0.39 is 0 Å². The van der Waals surface area contributed by atoms with Crippen molar-refractivity contribution in [3.8, 4) is 0 Å². The first-order valence-electron chi connectivity index (χ1n) is 9.47. The molecule has 0 saturated carbocycles. The Morgan fingerprint density at radius 3 is 2.46 bits per heavy atom. The number of hydrogen-bond donors (Lipinski definition) is 0. The largest absolute Gasteiger partial charge is 0.335 e. The number of hydrogen-bond acceptors (Lipinski definition) is 2. The van der Waals surface area contributed by atoms with E-state index in [1.807, 2.05) is 6.33 Å². The SMILES string of the molecule is Cc1ncn(CCC2CCN(CCCc3ccccc3)CC2)c1C. The fourth-order valence-electron chi connectivity index (χ4n) is 3.74. The lowest BCUT2D eigenvalue weighted by atomic mass is 9.93. The fourth-order valence-corrected chi connectivity index (χ4v) is 3.74. The van der Waals surface area contributed by atoms with E-state index in [9.17, 15) is 0 Å². The number of rotatable bonds is 7. The van der Waals surface area contributed by atoms with Crippen LogP contribution in [0.5, 0.6) is 0 Å². The highest BCUT2D eigenvalue weighted by atomic mass is 15.1. The van der Waals surface area contributed by atoms with Crippen LogP contribution < -0.4 is 0 Å². The second kappa shape index (κ2) is 8.48. The highest BCUT2D eigenvalue weighted by Crippen LogP contribution is 2.22. The maximum atomic E-state index is 4.41. The molecule has 2 aromatic rings. The molecule has 1 aromatic carbocycles. The van der Waals surface area contributed by atoms with Gasteiger partial charge in [0.05, 0.1) is 12.0 Å². The van der Waals surface area contributed by atoms with Crippen molar-refractivity contribution in [2.24, 2.45) is 5.92 Å². The van der Waals surface area contributed by atoms with Gasteiger partial charge in [0.25, 0.3) is 0 Å². The summed E-state index contributed by atoms with van der Waals surface area (Å²) in [6.45, 7) is 9.22. The van der Waals surface area contributed by atoms with Gasteiger partial charge in [-0.25, -0.2) is 4.98 Å². The minimum absolute atomic E-state index is 0.887. The minimum atomic E-state index is 0.887. The molecule has 1 saturated heterocycles. The third-order valence-corrected chi connectivity index (χ3v) is 5.61. The Hall–Kier alpha value is -1.61. The quantitative estimate of drug-likeness (QED) is 0.759. The molecule has 24 heavy (non-hydrogen) atoms. The molecule has 0 radical (unpaired) electrons. The topological polar surface area (TPSA) is 21.1 Å². The molecular weight excluding hydrogens is 294 g/mol. The normalized spacial score (nSPS) is 16.6. The van der Waals surface area contributed by atoms with E-state index in [1.165, 1.54) is 68.7 Å². The summed E-state index contributed by atoms with van der Waals surface area (Å²) in [7, 11) is 0. The van der Waals surface area contributed by atoms with E-state index in [1.54, 1.807) is 0 Å². The molecule has 1 aromatic heterocycles. The van der Waals surface area contributed by atoms with Gasteiger partial charge < -0.3 is 9.47 Å². The van der Waals surface area contributed by atoms with Gasteiger partial charge in [0.15, 0.2) is 0 Å². The first-order valence-corrected chi connectivity index (χ1v) is 9.47. The molecule has 0 bridgehead atoms. The number of benzene rings is 1. The molecule has 0 atom stereocenters. The van der Waals surface area contributed by atoms with Gasteiger partial charge in [-0.1, -0.05) is 30.3 Å². The predicted molar refractivity (Wildman–Crippen MR) is 100 cm³/mol. The lowest BCUT2D eigenvalue weighted by Crippen LogP contribution is -2.34. The Balaban J connectivity index is 1.33. The highest BCUT2D eigenvalue weighted by molar-refractivity contribution is 5.14. The van der Waals surface area contributed by atoms with Crippen LogP contribution in [-0.4, -0.2) is 34.1 Å². The monoisotopic (exact) mass is 325 g/mol. The molecule has 0 N–H and O–H groups in total. The summed E-state index contributed by atoms with van der Waals surface area (Å²) in [5.41, 5.74) is 3.97. The van der Waals surface area contributed by atoms with Gasteiger partial charge in [-0.2, -0.15) is 0 Å². The average Bonchev–Trinajstić information content (AvgIpc) is 2.94. The summed E-state index contributed by atoms with van der Waals surface area (Å²) in [6, 6.07) is 10.9. The zero-order chi connectivity index (χ0) is 16.8. The van der Waals surface area contributed by atoms with E-state index in [0.717, 1.165) is 12.5 Å². The van der Waals surface area contributed by atoms with Gasteiger partial charge >= 0.3 is 0 Å². The third kappa shape index (κ3) is 4.70. The zero-order valence-corrected chi connectivity index (χ0v) is 15.2. The maximum absolute atomic E-state index is 4.41. The van der Waals surface area contributed by atoms with E-state index in [4.69, 9.17) is 0 Å². The summed E-state index contributed by atoms with van der Waals surface area (Å²) in [6.07, 6.45) is 8.51. The van der Waals surface area contributed by atoms with Crippen LogP contribution in [0.3, 0.4) is 0 Å².